The molecule has 0 radical (unpaired) electrons. The van der Waals surface area contributed by atoms with E-state index in [9.17, 15) is 0 Å². The van der Waals surface area contributed by atoms with Crippen molar-refractivity contribution in [1.29, 1.82) is 0 Å². The van der Waals surface area contributed by atoms with Gasteiger partial charge in [-0.05, 0) is 35.4 Å². The molecule has 0 amide bonds. The summed E-state index contributed by atoms with van der Waals surface area (Å²) in [6.45, 7) is 7.08. The number of nitrogens with one attached hydrogen (secondary N) is 1. The molecule has 4 rings (SSSR count). The summed E-state index contributed by atoms with van der Waals surface area (Å²) in [5.41, 5.74) is 2.57. The maximum Gasteiger partial charge on any atom is 0.222 e. The molecule has 31 heavy (non-hydrogen) atoms. The third-order valence-corrected chi connectivity index (χ3v) is 5.59. The second kappa shape index (κ2) is 9.20. The molecule has 162 valence electrons. The molecule has 4 aromatic rings. The van der Waals surface area contributed by atoms with Crippen LogP contribution in [-0.4, -0.2) is 40.0 Å². The van der Waals surface area contributed by atoms with Crippen molar-refractivity contribution in [3.63, 3.8) is 0 Å². The van der Waals surface area contributed by atoms with E-state index in [2.05, 4.69) is 53.5 Å². The van der Waals surface area contributed by atoms with E-state index in [1.165, 1.54) is 0 Å². The van der Waals surface area contributed by atoms with Gasteiger partial charge in [-0.2, -0.15) is 10.3 Å². The van der Waals surface area contributed by atoms with Crippen molar-refractivity contribution in [2.24, 2.45) is 0 Å². The fraction of sp³-hybridized carbons (Fsp3) is 0.381. The predicted octanol–water partition coefficient (Wildman–Crippen LogP) is 5.07. The van der Waals surface area contributed by atoms with Crippen molar-refractivity contribution in [3.05, 3.63) is 57.7 Å². The summed E-state index contributed by atoms with van der Waals surface area (Å²) in [7, 11) is 0. The van der Waals surface area contributed by atoms with Gasteiger partial charge >= 0.3 is 0 Å². The van der Waals surface area contributed by atoms with Gasteiger partial charge in [0.05, 0.1) is 11.6 Å². The minimum Gasteiger partial charge on any atom is -0.296 e. The summed E-state index contributed by atoms with van der Waals surface area (Å²) >= 11 is 12.8. The van der Waals surface area contributed by atoms with Crippen molar-refractivity contribution in [3.8, 4) is 17.2 Å². The minimum absolute atomic E-state index is 0.299. The van der Waals surface area contributed by atoms with Crippen LogP contribution in [0.25, 0.3) is 17.2 Å². The van der Waals surface area contributed by atoms with E-state index in [0.717, 1.165) is 42.2 Å². The van der Waals surface area contributed by atoms with E-state index in [1.807, 2.05) is 16.8 Å². The fourth-order valence-electron chi connectivity index (χ4n) is 3.38. The van der Waals surface area contributed by atoms with Crippen LogP contribution in [0.1, 0.15) is 56.7 Å². The van der Waals surface area contributed by atoms with Crippen LogP contribution in [0.15, 0.2) is 30.3 Å². The molecule has 0 atom stereocenters. The smallest absolute Gasteiger partial charge is 0.222 e. The van der Waals surface area contributed by atoms with E-state index in [4.69, 9.17) is 33.3 Å². The van der Waals surface area contributed by atoms with Crippen LogP contribution in [-0.2, 0) is 13.0 Å². The maximum absolute atomic E-state index is 6.44. The van der Waals surface area contributed by atoms with Crippen molar-refractivity contribution in [2.75, 3.05) is 0 Å². The van der Waals surface area contributed by atoms with Gasteiger partial charge in [0.25, 0.3) is 0 Å². The molecular weight excluding hydrogens is 435 g/mol. The van der Waals surface area contributed by atoms with Gasteiger partial charge in [-0.25, -0.2) is 9.67 Å². The van der Waals surface area contributed by atoms with Crippen molar-refractivity contribution >= 4 is 23.2 Å². The summed E-state index contributed by atoms with van der Waals surface area (Å²) in [5.74, 6) is 2.61. The third kappa shape index (κ3) is 4.50. The molecule has 3 heterocycles. The molecule has 3 aromatic heterocycles. The lowest BCUT2D eigenvalue weighted by Gasteiger charge is -2.11. The van der Waals surface area contributed by atoms with Crippen molar-refractivity contribution in [1.82, 2.24) is 40.0 Å². The number of nitrogens with zero attached hydrogens (tertiary/aromatic N) is 7. The molecule has 1 aromatic carbocycles. The molecule has 1 N–H and O–H groups in total. The van der Waals surface area contributed by atoms with Gasteiger partial charge in [-0.3, -0.25) is 4.57 Å². The third-order valence-electron chi connectivity index (χ3n) is 5.03. The number of rotatable bonds is 8. The van der Waals surface area contributed by atoms with Crippen LogP contribution in [0.5, 0.6) is 0 Å². The highest BCUT2D eigenvalue weighted by Crippen LogP contribution is 2.34. The first-order chi connectivity index (χ1) is 15.0. The summed E-state index contributed by atoms with van der Waals surface area (Å²) in [4.78, 5) is 4.76. The number of H-pyrrole nitrogens is 1. The second-order valence-electron chi connectivity index (χ2n) is 7.70. The van der Waals surface area contributed by atoms with Gasteiger partial charge in [0.1, 0.15) is 16.7 Å². The number of halogens is 2. The molecule has 0 saturated carbocycles. The Bertz CT molecular complexity index is 1140. The Morgan fingerprint density at radius 2 is 1.90 bits per heavy atom. The van der Waals surface area contributed by atoms with Gasteiger partial charge in [0, 0.05) is 18.0 Å². The topological polar surface area (TPSA) is 90.1 Å². The molecule has 0 unspecified atom stereocenters. The number of aryl methyl sites for hydroxylation is 1. The van der Waals surface area contributed by atoms with Gasteiger partial charge in [0.2, 0.25) is 5.82 Å². The van der Waals surface area contributed by atoms with Crippen molar-refractivity contribution in [2.45, 2.75) is 52.5 Å². The molecule has 0 spiro atoms. The first-order valence-electron chi connectivity index (χ1n) is 10.3. The number of aromatic amines is 1. The first-order valence-corrected chi connectivity index (χ1v) is 11.1. The molecule has 10 heteroatoms. The lowest BCUT2D eigenvalue weighted by molar-refractivity contribution is 0.610. The molecule has 0 aliphatic rings. The Morgan fingerprint density at radius 1 is 1.13 bits per heavy atom. The summed E-state index contributed by atoms with van der Waals surface area (Å²) in [5, 5.41) is 19.8. The van der Waals surface area contributed by atoms with E-state index in [0.29, 0.717) is 34.2 Å². The minimum atomic E-state index is 0.299. The second-order valence-corrected chi connectivity index (χ2v) is 8.50. The summed E-state index contributed by atoms with van der Waals surface area (Å²) in [6.07, 6.45) is 3.15. The number of benzene rings is 1. The normalized spacial score (nSPS) is 11.5. The Hall–Kier alpha value is -2.71. The molecule has 8 nitrogen and oxygen atoms in total. The Labute approximate surface area is 190 Å². The van der Waals surface area contributed by atoms with E-state index < -0.39 is 0 Å². The standard InChI is InChI=1S/C21H24Cl2N8/c1-4-5-6-18-24-20(13(2)3)27-30(18)12-14-7-9-15(10-8-14)31-17(23)11-16(22)19(31)21-25-28-29-26-21/h7-11,13H,4-6,12H2,1-3H3,(H,25,26,28,29). The average Bonchev–Trinajstić information content (AvgIpc) is 3.46. The van der Waals surface area contributed by atoms with Crippen LogP contribution >= 0.6 is 23.2 Å². The molecule has 0 bridgehead atoms. The number of hydrogen-bond donors (Lipinski definition) is 1. The van der Waals surface area contributed by atoms with Crippen molar-refractivity contribution < 1.29 is 0 Å². The van der Waals surface area contributed by atoms with Crippen LogP contribution in [0.4, 0.5) is 0 Å². The highest BCUT2D eigenvalue weighted by molar-refractivity contribution is 6.36. The van der Waals surface area contributed by atoms with Gasteiger partial charge in [0.15, 0.2) is 5.82 Å². The maximum atomic E-state index is 6.44. The quantitative estimate of drug-likeness (QED) is 0.397. The number of tetrazole rings is 1. The highest BCUT2D eigenvalue weighted by Gasteiger charge is 2.19. The highest BCUT2D eigenvalue weighted by atomic mass is 35.5. The Balaban J connectivity index is 1.62. The van der Waals surface area contributed by atoms with Crippen LogP contribution < -0.4 is 0 Å². The molecule has 0 saturated heterocycles. The lowest BCUT2D eigenvalue weighted by atomic mass is 10.2. The van der Waals surface area contributed by atoms with Crippen LogP contribution in [0.3, 0.4) is 0 Å². The zero-order chi connectivity index (χ0) is 22.0. The molecule has 0 fully saturated rings. The zero-order valence-electron chi connectivity index (χ0n) is 17.7. The number of aromatic nitrogens is 8. The van der Waals surface area contributed by atoms with E-state index in [-0.39, 0.29) is 0 Å². The van der Waals surface area contributed by atoms with Crippen LogP contribution in [0.2, 0.25) is 10.2 Å². The molecule has 0 aliphatic heterocycles. The SMILES string of the molecule is CCCCc1nc(C(C)C)nn1Cc1ccc(-n2c(Cl)cc(Cl)c2-c2nn[nH]n2)cc1. The largest absolute Gasteiger partial charge is 0.296 e. The average molecular weight is 459 g/mol. The van der Waals surface area contributed by atoms with Gasteiger partial charge in [-0.15, -0.1) is 10.2 Å². The van der Waals surface area contributed by atoms with Gasteiger partial charge in [-0.1, -0.05) is 62.5 Å². The fourth-order valence-corrected chi connectivity index (χ4v) is 4.00. The first kappa shape index (κ1) is 21.5. The van der Waals surface area contributed by atoms with Gasteiger partial charge < -0.3 is 0 Å². The summed E-state index contributed by atoms with van der Waals surface area (Å²) in [6, 6.07) is 9.77. The summed E-state index contributed by atoms with van der Waals surface area (Å²) < 4.78 is 3.82. The predicted molar refractivity (Wildman–Crippen MR) is 121 cm³/mol. The Morgan fingerprint density at radius 3 is 2.55 bits per heavy atom. The molecular formula is C21H24Cl2N8. The van der Waals surface area contributed by atoms with E-state index >= 15 is 0 Å². The Kier molecular flexibility index (Phi) is 6.38. The molecule has 0 aliphatic carbocycles. The van der Waals surface area contributed by atoms with Crippen LogP contribution in [0, 0.1) is 0 Å². The monoisotopic (exact) mass is 458 g/mol. The number of hydrogen-bond acceptors (Lipinski definition) is 5. The number of unbranched alkanes of at least 4 members (excludes halogenated alkanes) is 1. The van der Waals surface area contributed by atoms with E-state index in [1.54, 1.807) is 10.6 Å². The zero-order valence-corrected chi connectivity index (χ0v) is 19.2. The lowest BCUT2D eigenvalue weighted by Crippen LogP contribution is -2.08.